The number of hydrogen-bond acceptors (Lipinski definition) is 3. The third kappa shape index (κ3) is 3.47. The summed E-state index contributed by atoms with van der Waals surface area (Å²) in [6, 6.07) is 2.89. The molecule has 106 valence electrons. The predicted octanol–water partition coefficient (Wildman–Crippen LogP) is 3.12. The first-order valence-corrected chi connectivity index (χ1v) is 7.54. The van der Waals surface area contributed by atoms with Crippen LogP contribution in [-0.4, -0.2) is 24.1 Å². The summed E-state index contributed by atoms with van der Waals surface area (Å²) in [4.78, 5) is 7.21. The summed E-state index contributed by atoms with van der Waals surface area (Å²) in [6.45, 7) is 12.0. The summed E-state index contributed by atoms with van der Waals surface area (Å²) in [6.07, 6.45) is 4.65. The van der Waals surface area contributed by atoms with Gasteiger partial charge >= 0.3 is 0 Å². The van der Waals surface area contributed by atoms with Crippen LogP contribution in [0, 0.1) is 12.8 Å². The number of aromatic nitrogens is 1. The third-order valence-corrected chi connectivity index (χ3v) is 4.08. The van der Waals surface area contributed by atoms with Crippen LogP contribution < -0.4 is 10.2 Å². The summed E-state index contributed by atoms with van der Waals surface area (Å²) in [5.41, 5.74) is 2.58. The van der Waals surface area contributed by atoms with Crippen molar-refractivity contribution in [3.63, 3.8) is 0 Å². The summed E-state index contributed by atoms with van der Waals surface area (Å²) in [7, 11) is 0. The van der Waals surface area contributed by atoms with E-state index in [1.54, 1.807) is 0 Å². The van der Waals surface area contributed by atoms with Crippen LogP contribution in [0.25, 0.3) is 0 Å². The zero-order chi connectivity index (χ0) is 13.8. The molecule has 0 spiro atoms. The van der Waals surface area contributed by atoms with Crippen molar-refractivity contribution >= 4 is 5.82 Å². The Morgan fingerprint density at radius 1 is 1.37 bits per heavy atom. The van der Waals surface area contributed by atoms with Gasteiger partial charge in [-0.1, -0.05) is 13.8 Å². The minimum atomic E-state index is 0.613. The molecule has 0 bridgehead atoms. The monoisotopic (exact) mass is 261 g/mol. The van der Waals surface area contributed by atoms with Gasteiger partial charge in [-0.25, -0.2) is 4.98 Å². The summed E-state index contributed by atoms with van der Waals surface area (Å²) >= 11 is 0. The van der Waals surface area contributed by atoms with E-state index in [0.29, 0.717) is 6.04 Å². The van der Waals surface area contributed by atoms with Crippen LogP contribution in [0.4, 0.5) is 5.82 Å². The maximum Gasteiger partial charge on any atom is 0.131 e. The van der Waals surface area contributed by atoms with Gasteiger partial charge in [0.15, 0.2) is 0 Å². The number of piperidine rings is 1. The van der Waals surface area contributed by atoms with Crippen molar-refractivity contribution in [1.29, 1.82) is 0 Å². The second kappa shape index (κ2) is 6.38. The molecule has 1 fully saturated rings. The predicted molar refractivity (Wildman–Crippen MR) is 81.6 cm³/mol. The number of nitrogens with zero attached hydrogens (tertiary/aromatic N) is 2. The van der Waals surface area contributed by atoms with Gasteiger partial charge in [-0.2, -0.15) is 0 Å². The molecule has 2 atom stereocenters. The van der Waals surface area contributed by atoms with Crippen molar-refractivity contribution in [2.75, 3.05) is 18.0 Å². The van der Waals surface area contributed by atoms with Gasteiger partial charge in [0.2, 0.25) is 0 Å². The van der Waals surface area contributed by atoms with E-state index in [4.69, 9.17) is 4.98 Å². The molecule has 3 nitrogen and oxygen atoms in total. The Hall–Kier alpha value is -1.09. The Balaban J connectivity index is 2.15. The van der Waals surface area contributed by atoms with Crippen molar-refractivity contribution in [3.8, 4) is 0 Å². The maximum atomic E-state index is 4.73. The molecule has 3 heteroatoms. The Kier molecular flexibility index (Phi) is 4.81. The first-order valence-electron chi connectivity index (χ1n) is 7.54. The normalized spacial score (nSPS) is 23.7. The molecule has 1 N–H and O–H groups in total. The van der Waals surface area contributed by atoms with E-state index in [1.165, 1.54) is 29.8 Å². The number of rotatable bonds is 4. The molecule has 2 unspecified atom stereocenters. The molecule has 2 rings (SSSR count). The Morgan fingerprint density at radius 3 is 2.84 bits per heavy atom. The lowest BCUT2D eigenvalue weighted by Gasteiger charge is -2.38. The molecule has 2 heterocycles. The van der Waals surface area contributed by atoms with Gasteiger partial charge in [0.05, 0.1) is 0 Å². The minimum Gasteiger partial charge on any atom is -0.353 e. The maximum absolute atomic E-state index is 4.73. The molecule has 0 amide bonds. The molecule has 0 radical (unpaired) electrons. The molecule has 1 aliphatic heterocycles. The van der Waals surface area contributed by atoms with Gasteiger partial charge in [0.25, 0.3) is 0 Å². The largest absolute Gasteiger partial charge is 0.353 e. The van der Waals surface area contributed by atoms with Crippen molar-refractivity contribution in [3.05, 3.63) is 23.4 Å². The first kappa shape index (κ1) is 14.3. The summed E-state index contributed by atoms with van der Waals surface area (Å²) in [5, 5.41) is 3.35. The average Bonchev–Trinajstić information content (AvgIpc) is 2.40. The van der Waals surface area contributed by atoms with Gasteiger partial charge in [-0.3, -0.25) is 0 Å². The highest BCUT2D eigenvalue weighted by Crippen LogP contribution is 2.28. The highest BCUT2D eigenvalue weighted by Gasteiger charge is 2.24. The van der Waals surface area contributed by atoms with E-state index in [0.717, 1.165) is 25.6 Å². The molecule has 0 aromatic carbocycles. The van der Waals surface area contributed by atoms with Gasteiger partial charge in [0, 0.05) is 25.3 Å². The molecular weight excluding hydrogens is 234 g/mol. The topological polar surface area (TPSA) is 28.2 Å². The van der Waals surface area contributed by atoms with Crippen LogP contribution in [0.3, 0.4) is 0 Å². The number of aryl methyl sites for hydroxylation is 1. The molecule has 0 saturated carbocycles. The Labute approximate surface area is 117 Å². The lowest BCUT2D eigenvalue weighted by atomic mass is 9.94. The lowest BCUT2D eigenvalue weighted by molar-refractivity contribution is 0.387. The number of hydrogen-bond donors (Lipinski definition) is 1. The standard InChI is InChI=1S/C16H27N3/c1-5-17-9-15-8-13(3)16(18-10-15)19-11-12(2)6-7-14(19)4/h8,10,12,14,17H,5-7,9,11H2,1-4H3. The molecule has 1 aliphatic rings. The fourth-order valence-corrected chi connectivity index (χ4v) is 2.88. The molecule has 0 aliphatic carbocycles. The molecule has 1 aromatic rings. The highest BCUT2D eigenvalue weighted by molar-refractivity contribution is 5.48. The third-order valence-electron chi connectivity index (χ3n) is 4.08. The van der Waals surface area contributed by atoms with Gasteiger partial charge in [0.1, 0.15) is 5.82 Å². The van der Waals surface area contributed by atoms with Crippen molar-refractivity contribution in [2.24, 2.45) is 5.92 Å². The van der Waals surface area contributed by atoms with Crippen LogP contribution in [0.2, 0.25) is 0 Å². The Bertz CT molecular complexity index is 416. The van der Waals surface area contributed by atoms with Crippen LogP contribution >= 0.6 is 0 Å². The second-order valence-corrected chi connectivity index (χ2v) is 5.95. The van der Waals surface area contributed by atoms with Crippen molar-refractivity contribution in [1.82, 2.24) is 10.3 Å². The zero-order valence-corrected chi connectivity index (χ0v) is 12.7. The molecule has 1 aromatic heterocycles. The number of pyridine rings is 1. The van der Waals surface area contributed by atoms with E-state index in [1.807, 2.05) is 6.20 Å². The average molecular weight is 261 g/mol. The van der Waals surface area contributed by atoms with Gasteiger partial charge in [-0.15, -0.1) is 0 Å². The quantitative estimate of drug-likeness (QED) is 0.902. The summed E-state index contributed by atoms with van der Waals surface area (Å²) < 4.78 is 0. The Morgan fingerprint density at radius 2 is 2.16 bits per heavy atom. The van der Waals surface area contributed by atoms with Crippen molar-refractivity contribution in [2.45, 2.75) is 53.1 Å². The van der Waals surface area contributed by atoms with E-state index in [-0.39, 0.29) is 0 Å². The molecule has 1 saturated heterocycles. The fourth-order valence-electron chi connectivity index (χ4n) is 2.88. The zero-order valence-electron chi connectivity index (χ0n) is 12.7. The number of nitrogens with one attached hydrogen (secondary N) is 1. The van der Waals surface area contributed by atoms with E-state index >= 15 is 0 Å². The van der Waals surface area contributed by atoms with Crippen molar-refractivity contribution < 1.29 is 0 Å². The second-order valence-electron chi connectivity index (χ2n) is 5.95. The highest BCUT2D eigenvalue weighted by atomic mass is 15.2. The van der Waals surface area contributed by atoms with Crippen LogP contribution in [0.5, 0.6) is 0 Å². The van der Waals surface area contributed by atoms with Crippen LogP contribution in [-0.2, 0) is 6.54 Å². The lowest BCUT2D eigenvalue weighted by Crippen LogP contribution is -2.42. The first-order chi connectivity index (χ1) is 9.11. The van der Waals surface area contributed by atoms with E-state index in [2.05, 4.69) is 44.0 Å². The fraction of sp³-hybridized carbons (Fsp3) is 0.688. The van der Waals surface area contributed by atoms with Crippen LogP contribution in [0.15, 0.2) is 12.3 Å². The molecular formula is C16H27N3. The van der Waals surface area contributed by atoms with E-state index < -0.39 is 0 Å². The van der Waals surface area contributed by atoms with Gasteiger partial charge < -0.3 is 10.2 Å². The minimum absolute atomic E-state index is 0.613. The SMILES string of the molecule is CCNCc1cnc(N2CC(C)CCC2C)c(C)c1. The van der Waals surface area contributed by atoms with Gasteiger partial charge in [-0.05, 0) is 56.3 Å². The molecule has 19 heavy (non-hydrogen) atoms. The van der Waals surface area contributed by atoms with Crippen LogP contribution in [0.1, 0.15) is 44.7 Å². The van der Waals surface area contributed by atoms with E-state index in [9.17, 15) is 0 Å². The summed E-state index contributed by atoms with van der Waals surface area (Å²) in [5.74, 6) is 1.96. The smallest absolute Gasteiger partial charge is 0.131 e. The number of anilines is 1.